The van der Waals surface area contributed by atoms with Gasteiger partial charge in [-0.2, -0.15) is 0 Å². The van der Waals surface area contributed by atoms with Gasteiger partial charge in [0.15, 0.2) is 0 Å². The maximum Gasteiger partial charge on any atom is 0.286 e. The van der Waals surface area contributed by atoms with Crippen molar-refractivity contribution in [3.63, 3.8) is 0 Å². The van der Waals surface area contributed by atoms with E-state index in [1.165, 1.54) is 24.2 Å². The molecule has 1 saturated carbocycles. The molecule has 0 bridgehead atoms. The molecule has 1 aromatic heterocycles. The van der Waals surface area contributed by atoms with Crippen molar-refractivity contribution in [2.45, 2.75) is 45.1 Å². The number of amides is 2. The van der Waals surface area contributed by atoms with Crippen LogP contribution in [-0.4, -0.2) is 17.0 Å². The van der Waals surface area contributed by atoms with Gasteiger partial charge in [-0.15, -0.1) is 11.3 Å². The van der Waals surface area contributed by atoms with E-state index >= 15 is 0 Å². The van der Waals surface area contributed by atoms with Crippen LogP contribution in [0.2, 0.25) is 5.02 Å². The van der Waals surface area contributed by atoms with Gasteiger partial charge in [0.25, 0.3) is 5.91 Å². The minimum Gasteiger partial charge on any atom is -0.349 e. The summed E-state index contributed by atoms with van der Waals surface area (Å²) in [5.41, 5.74) is 1.56. The Morgan fingerprint density at radius 2 is 2.14 bits per heavy atom. The first kappa shape index (κ1) is 16.3. The van der Waals surface area contributed by atoms with Crippen molar-refractivity contribution in [3.8, 4) is 0 Å². The Labute approximate surface area is 132 Å². The highest BCUT2D eigenvalue weighted by Gasteiger charge is 2.22. The first-order valence-electron chi connectivity index (χ1n) is 7.04. The summed E-state index contributed by atoms with van der Waals surface area (Å²) in [7, 11) is 0. The van der Waals surface area contributed by atoms with E-state index in [9.17, 15) is 9.59 Å². The number of carbonyl (C=O) groups excluding carboxylic acids is 2. The molecule has 1 fully saturated rings. The van der Waals surface area contributed by atoms with Crippen LogP contribution >= 0.6 is 22.9 Å². The van der Waals surface area contributed by atoms with Crippen molar-refractivity contribution in [1.29, 1.82) is 0 Å². The van der Waals surface area contributed by atoms with Gasteiger partial charge in [-0.05, 0) is 31.7 Å². The van der Waals surface area contributed by atoms with Crippen molar-refractivity contribution in [2.75, 3.05) is 0 Å². The third kappa shape index (κ3) is 4.18. The Balaban J connectivity index is 1.94. The van der Waals surface area contributed by atoms with E-state index in [0.717, 1.165) is 17.7 Å². The Bertz CT molecular complexity index is 526. The van der Waals surface area contributed by atoms with Crippen LogP contribution in [0.15, 0.2) is 6.07 Å². The van der Waals surface area contributed by atoms with Crippen LogP contribution in [0.3, 0.4) is 0 Å². The molecule has 1 heterocycles. The topological polar surface area (TPSA) is 78.4 Å². The number of hydroxylamine groups is 1. The van der Waals surface area contributed by atoms with Crippen LogP contribution in [-0.2, 0) is 4.79 Å². The number of carbonyl (C=O) groups is 2. The smallest absolute Gasteiger partial charge is 0.286 e. The number of halogens is 1. The highest BCUT2D eigenvalue weighted by atomic mass is 35.5. The normalized spacial score (nSPS) is 16.7. The summed E-state index contributed by atoms with van der Waals surface area (Å²) < 4.78 is 0. The van der Waals surface area contributed by atoms with Crippen LogP contribution in [0.5, 0.6) is 0 Å². The number of thiophene rings is 1. The molecular formula is C14H19ClN2O3S. The zero-order chi connectivity index (χ0) is 15.4. The second-order valence-electron chi connectivity index (χ2n) is 5.41. The van der Waals surface area contributed by atoms with Gasteiger partial charge >= 0.3 is 0 Å². The number of hydrogen-bond acceptors (Lipinski definition) is 4. The summed E-state index contributed by atoms with van der Waals surface area (Å²) in [6, 6.07) is 1.44. The third-order valence-electron chi connectivity index (χ3n) is 3.77. The molecule has 1 aromatic rings. The van der Waals surface area contributed by atoms with Gasteiger partial charge < -0.3 is 5.32 Å². The molecule has 116 valence electrons. The monoisotopic (exact) mass is 330 g/mol. The van der Waals surface area contributed by atoms with Crippen LogP contribution in [0.1, 0.15) is 59.6 Å². The quantitative estimate of drug-likeness (QED) is 0.572. The van der Waals surface area contributed by atoms with Gasteiger partial charge in [0.1, 0.15) is 4.88 Å². The average Bonchev–Trinajstić information content (AvgIpc) is 3.07. The molecule has 0 saturated heterocycles. The summed E-state index contributed by atoms with van der Waals surface area (Å²) in [6.45, 7) is 1.86. The summed E-state index contributed by atoms with van der Waals surface area (Å²) in [5, 5.41) is 11.9. The highest BCUT2D eigenvalue weighted by Crippen LogP contribution is 2.32. The molecule has 7 heteroatoms. The van der Waals surface area contributed by atoms with E-state index in [1.807, 2.05) is 6.92 Å². The molecule has 2 amide bonds. The lowest BCUT2D eigenvalue weighted by Crippen LogP contribution is -2.27. The fourth-order valence-electron chi connectivity index (χ4n) is 2.65. The first-order chi connectivity index (χ1) is 10.0. The van der Waals surface area contributed by atoms with Crippen molar-refractivity contribution < 1.29 is 14.8 Å². The summed E-state index contributed by atoms with van der Waals surface area (Å²) >= 11 is 7.13. The molecule has 0 spiro atoms. The van der Waals surface area contributed by atoms with E-state index < -0.39 is 5.91 Å². The summed E-state index contributed by atoms with van der Waals surface area (Å²) in [4.78, 5) is 24.4. The Morgan fingerprint density at radius 1 is 1.48 bits per heavy atom. The van der Waals surface area contributed by atoms with Crippen molar-refractivity contribution in [3.05, 3.63) is 20.8 Å². The molecule has 0 aliphatic heterocycles. The minimum atomic E-state index is -0.638. The van der Waals surface area contributed by atoms with E-state index in [4.69, 9.17) is 16.8 Å². The lowest BCUT2D eigenvalue weighted by molar-refractivity contribution is -0.122. The molecule has 0 unspecified atom stereocenters. The van der Waals surface area contributed by atoms with Crippen LogP contribution in [0.4, 0.5) is 0 Å². The zero-order valence-electron chi connectivity index (χ0n) is 11.8. The molecule has 0 aromatic carbocycles. The Hall–Kier alpha value is -1.11. The predicted molar refractivity (Wildman–Crippen MR) is 81.7 cm³/mol. The van der Waals surface area contributed by atoms with Crippen molar-refractivity contribution >= 4 is 34.8 Å². The van der Waals surface area contributed by atoms with Gasteiger partial charge in [-0.3, -0.25) is 14.8 Å². The molecule has 2 rings (SSSR count). The fourth-order valence-corrected chi connectivity index (χ4v) is 3.98. The van der Waals surface area contributed by atoms with Gasteiger partial charge in [-0.25, -0.2) is 5.48 Å². The third-order valence-corrected chi connectivity index (χ3v) is 5.49. The van der Waals surface area contributed by atoms with E-state index in [2.05, 4.69) is 5.32 Å². The predicted octanol–water partition coefficient (Wildman–Crippen LogP) is 3.28. The summed E-state index contributed by atoms with van der Waals surface area (Å²) in [5.74, 6) is -0.104. The maximum absolute atomic E-state index is 12.0. The molecule has 21 heavy (non-hydrogen) atoms. The minimum absolute atomic E-state index is 0.0343. The second kappa shape index (κ2) is 7.24. The zero-order valence-corrected chi connectivity index (χ0v) is 13.4. The van der Waals surface area contributed by atoms with Gasteiger partial charge in [0, 0.05) is 11.3 Å². The lowest BCUT2D eigenvalue weighted by Gasteiger charge is -2.14. The molecule has 0 radical (unpaired) electrons. The molecule has 1 aliphatic carbocycles. The fraction of sp³-hybridized carbons (Fsp3) is 0.571. The van der Waals surface area contributed by atoms with Crippen molar-refractivity contribution in [2.24, 2.45) is 5.92 Å². The molecule has 3 N–H and O–H groups in total. The maximum atomic E-state index is 12.0. The highest BCUT2D eigenvalue weighted by molar-refractivity contribution is 7.14. The molecule has 1 atom stereocenters. The summed E-state index contributed by atoms with van der Waals surface area (Å²) in [6.07, 6.45) is 5.26. The van der Waals surface area contributed by atoms with Crippen molar-refractivity contribution in [1.82, 2.24) is 10.8 Å². The number of rotatable bonds is 5. The van der Waals surface area contributed by atoms with E-state index in [1.54, 1.807) is 11.5 Å². The molecular weight excluding hydrogens is 312 g/mol. The SMILES string of the molecule is C[C@H](NC(=O)CC1CCCC1)c1cc(Cl)c(C(=O)NO)s1. The Morgan fingerprint density at radius 3 is 2.76 bits per heavy atom. The largest absolute Gasteiger partial charge is 0.349 e. The van der Waals surface area contributed by atoms with Crippen LogP contribution < -0.4 is 10.8 Å². The molecule has 1 aliphatic rings. The Kier molecular flexibility index (Phi) is 5.61. The van der Waals surface area contributed by atoms with E-state index in [-0.39, 0.29) is 21.8 Å². The first-order valence-corrected chi connectivity index (χ1v) is 8.23. The number of hydrogen-bond donors (Lipinski definition) is 3. The standard InChI is InChI=1S/C14H19ClN2O3S/c1-8(16-12(18)6-9-4-2-3-5-9)11-7-10(15)13(21-11)14(19)17-20/h7-9,20H,2-6H2,1H3,(H,16,18)(H,17,19)/t8-/m0/s1. The molecule has 5 nitrogen and oxygen atoms in total. The van der Waals surface area contributed by atoms with Gasteiger partial charge in [0.05, 0.1) is 11.1 Å². The van der Waals surface area contributed by atoms with Gasteiger partial charge in [0.2, 0.25) is 5.91 Å². The second-order valence-corrected chi connectivity index (χ2v) is 6.90. The lowest BCUT2D eigenvalue weighted by atomic mass is 10.0. The van der Waals surface area contributed by atoms with Crippen LogP contribution in [0.25, 0.3) is 0 Å². The number of nitrogens with one attached hydrogen (secondary N) is 2. The van der Waals surface area contributed by atoms with Gasteiger partial charge in [-0.1, -0.05) is 24.4 Å². The average molecular weight is 331 g/mol. The van der Waals surface area contributed by atoms with E-state index in [0.29, 0.717) is 12.3 Å². The van der Waals surface area contributed by atoms with Crippen LogP contribution in [0, 0.1) is 5.92 Å².